The third-order valence-corrected chi connectivity index (χ3v) is 5.79. The summed E-state index contributed by atoms with van der Waals surface area (Å²) in [4.78, 5) is 28.2. The number of thioether (sulfide) groups is 1. The van der Waals surface area contributed by atoms with Gasteiger partial charge in [-0.05, 0) is 20.3 Å². The normalized spacial score (nSPS) is 38.7. The molecule has 19 heavy (non-hydrogen) atoms. The van der Waals surface area contributed by atoms with Crippen molar-refractivity contribution in [2.24, 2.45) is 0 Å². The summed E-state index contributed by atoms with van der Waals surface area (Å²) in [7, 11) is 0. The Morgan fingerprint density at radius 3 is 3.05 bits per heavy atom. The summed E-state index contributed by atoms with van der Waals surface area (Å²) in [6.45, 7) is 5.94. The van der Waals surface area contributed by atoms with E-state index in [4.69, 9.17) is 4.74 Å². The standard InChI is InChI=1S/C13H20N2O3S/c1-9-7-14(5-6-18-9)12(17)10-8-19-13(2)4-3-11(16)15(10)13/h9-10H,3-8H2,1-2H3. The number of amides is 2. The van der Waals surface area contributed by atoms with Crippen LogP contribution in [0.2, 0.25) is 0 Å². The molecule has 0 spiro atoms. The molecule has 0 aromatic carbocycles. The number of carbonyl (C=O) groups excluding carboxylic acids is 2. The van der Waals surface area contributed by atoms with Gasteiger partial charge < -0.3 is 14.5 Å². The van der Waals surface area contributed by atoms with E-state index in [2.05, 4.69) is 6.92 Å². The molecule has 3 aliphatic heterocycles. The van der Waals surface area contributed by atoms with Crippen LogP contribution >= 0.6 is 11.8 Å². The zero-order chi connectivity index (χ0) is 13.6. The molecule has 0 radical (unpaired) electrons. The Balaban J connectivity index is 1.75. The van der Waals surface area contributed by atoms with Gasteiger partial charge in [0.2, 0.25) is 11.8 Å². The van der Waals surface area contributed by atoms with Crippen LogP contribution in [0, 0.1) is 0 Å². The molecule has 0 saturated carbocycles. The number of ether oxygens (including phenoxy) is 1. The lowest BCUT2D eigenvalue weighted by Gasteiger charge is -2.36. The fourth-order valence-electron chi connectivity index (χ4n) is 3.23. The second-order valence-corrected chi connectivity index (χ2v) is 7.23. The molecule has 3 heterocycles. The molecule has 0 N–H and O–H groups in total. The van der Waals surface area contributed by atoms with Crippen molar-refractivity contribution in [1.82, 2.24) is 9.80 Å². The van der Waals surface area contributed by atoms with Crippen molar-refractivity contribution in [3.8, 4) is 0 Å². The molecule has 0 aromatic rings. The van der Waals surface area contributed by atoms with E-state index in [1.807, 2.05) is 16.7 Å². The summed E-state index contributed by atoms with van der Waals surface area (Å²) in [5.41, 5.74) is 0. The van der Waals surface area contributed by atoms with Crippen molar-refractivity contribution >= 4 is 23.6 Å². The maximum Gasteiger partial charge on any atom is 0.246 e. The molecule has 5 nitrogen and oxygen atoms in total. The molecule has 0 bridgehead atoms. The molecule has 3 aliphatic rings. The fourth-order valence-corrected chi connectivity index (χ4v) is 4.66. The second kappa shape index (κ2) is 4.66. The largest absolute Gasteiger partial charge is 0.375 e. The van der Waals surface area contributed by atoms with E-state index in [1.54, 1.807) is 11.8 Å². The summed E-state index contributed by atoms with van der Waals surface area (Å²) in [6, 6.07) is -0.268. The lowest BCUT2D eigenvalue weighted by Crippen LogP contribution is -2.54. The molecule has 3 atom stereocenters. The first-order valence-corrected chi connectivity index (χ1v) is 7.86. The minimum atomic E-state index is -0.268. The van der Waals surface area contributed by atoms with Crippen LogP contribution in [-0.4, -0.2) is 64.1 Å². The van der Waals surface area contributed by atoms with Crippen LogP contribution in [0.1, 0.15) is 26.7 Å². The second-order valence-electron chi connectivity index (χ2n) is 5.73. The third-order valence-electron chi connectivity index (χ3n) is 4.28. The van der Waals surface area contributed by atoms with Crippen molar-refractivity contribution in [3.63, 3.8) is 0 Å². The molecule has 3 saturated heterocycles. The van der Waals surface area contributed by atoms with Crippen LogP contribution in [0.5, 0.6) is 0 Å². The van der Waals surface area contributed by atoms with Crippen LogP contribution in [0.15, 0.2) is 0 Å². The third kappa shape index (κ3) is 2.14. The number of carbonyl (C=O) groups is 2. The summed E-state index contributed by atoms with van der Waals surface area (Å²) in [6.07, 6.45) is 1.53. The van der Waals surface area contributed by atoms with E-state index in [1.165, 1.54) is 0 Å². The molecule has 0 aliphatic carbocycles. The van der Waals surface area contributed by atoms with Gasteiger partial charge in [0.15, 0.2) is 0 Å². The molecule has 3 rings (SSSR count). The van der Waals surface area contributed by atoms with Crippen molar-refractivity contribution in [3.05, 3.63) is 0 Å². The first-order chi connectivity index (χ1) is 9.01. The van der Waals surface area contributed by atoms with Gasteiger partial charge in [0.05, 0.1) is 17.6 Å². The molecular weight excluding hydrogens is 264 g/mol. The van der Waals surface area contributed by atoms with E-state index >= 15 is 0 Å². The van der Waals surface area contributed by atoms with Crippen molar-refractivity contribution in [1.29, 1.82) is 0 Å². The Bertz CT molecular complexity index is 417. The number of morpholine rings is 1. The van der Waals surface area contributed by atoms with Gasteiger partial charge in [-0.3, -0.25) is 9.59 Å². The predicted octanol–water partition coefficient (Wildman–Crippen LogP) is 0.688. The molecule has 106 valence electrons. The highest BCUT2D eigenvalue weighted by atomic mass is 32.2. The van der Waals surface area contributed by atoms with Crippen molar-refractivity contribution in [2.45, 2.75) is 43.7 Å². The SMILES string of the molecule is CC1CN(C(=O)C2CSC3(C)CCC(=O)N23)CCO1. The first kappa shape index (κ1) is 13.2. The average Bonchev–Trinajstić information content (AvgIpc) is 2.86. The van der Waals surface area contributed by atoms with Gasteiger partial charge in [0.1, 0.15) is 6.04 Å². The minimum absolute atomic E-state index is 0.0902. The highest BCUT2D eigenvalue weighted by Gasteiger charge is 2.53. The van der Waals surface area contributed by atoms with Crippen LogP contribution < -0.4 is 0 Å². The molecular formula is C13H20N2O3S. The summed E-state index contributed by atoms with van der Waals surface area (Å²) >= 11 is 1.75. The number of hydrogen-bond donors (Lipinski definition) is 0. The van der Waals surface area contributed by atoms with Crippen molar-refractivity contribution < 1.29 is 14.3 Å². The van der Waals surface area contributed by atoms with Crippen molar-refractivity contribution in [2.75, 3.05) is 25.4 Å². The van der Waals surface area contributed by atoms with Crippen LogP contribution in [0.4, 0.5) is 0 Å². The topological polar surface area (TPSA) is 49.9 Å². The van der Waals surface area contributed by atoms with E-state index in [9.17, 15) is 9.59 Å². The van der Waals surface area contributed by atoms with Gasteiger partial charge in [0.25, 0.3) is 0 Å². The number of fused-ring (bicyclic) bond motifs is 1. The van der Waals surface area contributed by atoms with Gasteiger partial charge in [-0.15, -0.1) is 11.8 Å². The van der Waals surface area contributed by atoms with Crippen LogP contribution in [0.3, 0.4) is 0 Å². The smallest absolute Gasteiger partial charge is 0.246 e. The molecule has 0 aromatic heterocycles. The van der Waals surface area contributed by atoms with E-state index in [0.717, 1.165) is 12.2 Å². The summed E-state index contributed by atoms with van der Waals surface area (Å²) in [5, 5.41) is 0. The number of hydrogen-bond acceptors (Lipinski definition) is 4. The molecule has 6 heteroatoms. The fraction of sp³-hybridized carbons (Fsp3) is 0.846. The average molecular weight is 284 g/mol. The Kier molecular flexibility index (Phi) is 3.25. The Morgan fingerprint density at radius 1 is 1.53 bits per heavy atom. The zero-order valence-electron chi connectivity index (χ0n) is 11.4. The highest BCUT2D eigenvalue weighted by molar-refractivity contribution is 8.01. The highest BCUT2D eigenvalue weighted by Crippen LogP contribution is 2.47. The van der Waals surface area contributed by atoms with Gasteiger partial charge in [-0.25, -0.2) is 0 Å². The zero-order valence-corrected chi connectivity index (χ0v) is 12.2. The molecule has 3 unspecified atom stereocenters. The molecule has 2 amide bonds. The Labute approximate surface area is 117 Å². The minimum Gasteiger partial charge on any atom is -0.375 e. The maximum absolute atomic E-state index is 12.6. The Hall–Kier alpha value is -0.750. The lowest BCUT2D eigenvalue weighted by atomic mass is 10.2. The first-order valence-electron chi connectivity index (χ1n) is 6.88. The van der Waals surface area contributed by atoms with E-state index in [-0.39, 0.29) is 28.8 Å². The summed E-state index contributed by atoms with van der Waals surface area (Å²) < 4.78 is 5.47. The quantitative estimate of drug-likeness (QED) is 0.711. The lowest BCUT2D eigenvalue weighted by molar-refractivity contribution is -0.148. The molecule has 3 fully saturated rings. The Morgan fingerprint density at radius 2 is 2.32 bits per heavy atom. The van der Waals surface area contributed by atoms with E-state index < -0.39 is 0 Å². The summed E-state index contributed by atoms with van der Waals surface area (Å²) in [5.74, 6) is 0.959. The number of nitrogens with zero attached hydrogens (tertiary/aromatic N) is 2. The monoisotopic (exact) mass is 284 g/mol. The van der Waals surface area contributed by atoms with E-state index in [0.29, 0.717) is 26.1 Å². The van der Waals surface area contributed by atoms with Crippen LogP contribution in [0.25, 0.3) is 0 Å². The van der Waals surface area contributed by atoms with Gasteiger partial charge >= 0.3 is 0 Å². The number of rotatable bonds is 1. The predicted molar refractivity (Wildman–Crippen MR) is 72.7 cm³/mol. The van der Waals surface area contributed by atoms with Crippen LogP contribution in [-0.2, 0) is 14.3 Å². The van der Waals surface area contributed by atoms with Gasteiger partial charge in [-0.2, -0.15) is 0 Å². The van der Waals surface area contributed by atoms with Gasteiger partial charge in [-0.1, -0.05) is 0 Å². The van der Waals surface area contributed by atoms with Gasteiger partial charge in [0, 0.05) is 25.3 Å². The maximum atomic E-state index is 12.6.